The average Bonchev–Trinajstić information content (AvgIpc) is 2.64. The van der Waals surface area contributed by atoms with E-state index in [1.807, 2.05) is 50.2 Å². The van der Waals surface area contributed by atoms with Gasteiger partial charge in [0.2, 0.25) is 11.8 Å². The van der Waals surface area contributed by atoms with E-state index < -0.39 is 0 Å². The van der Waals surface area contributed by atoms with Crippen molar-refractivity contribution in [2.45, 2.75) is 39.3 Å². The van der Waals surface area contributed by atoms with Gasteiger partial charge < -0.3 is 19.5 Å². The van der Waals surface area contributed by atoms with Gasteiger partial charge in [0.05, 0.1) is 19.8 Å². The lowest BCUT2D eigenvalue weighted by Gasteiger charge is -2.13. The van der Waals surface area contributed by atoms with E-state index in [0.29, 0.717) is 31.9 Å². The topological polar surface area (TPSA) is 69.7 Å². The molecule has 0 atom stereocenters. The molecule has 2 rings (SSSR count). The third-order valence-electron chi connectivity index (χ3n) is 3.55. The molecular formula is C20H26N2O4. The molecule has 0 fully saturated rings. The lowest BCUT2D eigenvalue weighted by molar-refractivity contribution is -0.121. The summed E-state index contributed by atoms with van der Waals surface area (Å²) in [7, 11) is 1.62. The summed E-state index contributed by atoms with van der Waals surface area (Å²) in [5.41, 5.74) is 0.865. The van der Waals surface area contributed by atoms with E-state index in [1.165, 1.54) is 0 Å². The van der Waals surface area contributed by atoms with Crippen molar-refractivity contribution in [3.8, 4) is 17.4 Å². The molecule has 0 saturated carbocycles. The number of methoxy groups -OCH3 is 1. The summed E-state index contributed by atoms with van der Waals surface area (Å²) in [6, 6.07) is 11.1. The average molecular weight is 358 g/mol. The number of amides is 1. The summed E-state index contributed by atoms with van der Waals surface area (Å²) < 4.78 is 16.4. The number of ether oxygens (including phenoxy) is 3. The number of hydrogen-bond donors (Lipinski definition) is 1. The largest absolute Gasteiger partial charge is 0.497 e. The van der Waals surface area contributed by atoms with E-state index in [1.54, 1.807) is 13.3 Å². The van der Waals surface area contributed by atoms with Gasteiger partial charge in [-0.2, -0.15) is 0 Å². The number of nitrogens with zero attached hydrogens (tertiary/aromatic N) is 1. The Labute approximate surface area is 154 Å². The number of benzene rings is 1. The van der Waals surface area contributed by atoms with Gasteiger partial charge in [-0.3, -0.25) is 4.79 Å². The molecule has 6 nitrogen and oxygen atoms in total. The monoisotopic (exact) mass is 358 g/mol. The quantitative estimate of drug-likeness (QED) is 0.660. The molecule has 0 saturated heterocycles. The second kappa shape index (κ2) is 10.3. The van der Waals surface area contributed by atoms with Crippen LogP contribution in [0, 0.1) is 0 Å². The number of rotatable bonds is 10. The van der Waals surface area contributed by atoms with Crippen LogP contribution in [0.5, 0.6) is 17.4 Å². The minimum Gasteiger partial charge on any atom is -0.497 e. The van der Waals surface area contributed by atoms with Crippen molar-refractivity contribution in [2.75, 3.05) is 13.7 Å². The molecule has 26 heavy (non-hydrogen) atoms. The van der Waals surface area contributed by atoms with Gasteiger partial charge in [0, 0.05) is 24.7 Å². The molecular weight excluding hydrogens is 332 g/mol. The van der Waals surface area contributed by atoms with Gasteiger partial charge in [0.15, 0.2) is 0 Å². The second-order valence-electron chi connectivity index (χ2n) is 6.04. The standard InChI is InChI=1S/C20H26N2O4/c1-15(2)26-20-16(6-4-12-21-20)14-22-19(23)7-5-13-25-18-10-8-17(24-3)9-11-18/h4,6,8-12,15H,5,7,13-14H2,1-3H3,(H,22,23). The first kappa shape index (κ1) is 19.6. The predicted octanol–water partition coefficient (Wildman–Crippen LogP) is 3.35. The Hall–Kier alpha value is -2.76. The lowest BCUT2D eigenvalue weighted by atomic mass is 10.2. The van der Waals surface area contributed by atoms with Crippen LogP contribution in [0.3, 0.4) is 0 Å². The zero-order valence-electron chi connectivity index (χ0n) is 15.5. The minimum absolute atomic E-state index is 0.0253. The van der Waals surface area contributed by atoms with Crippen LogP contribution in [-0.2, 0) is 11.3 Å². The molecule has 0 spiro atoms. The van der Waals surface area contributed by atoms with E-state index in [9.17, 15) is 4.79 Å². The number of nitrogens with one attached hydrogen (secondary N) is 1. The lowest BCUT2D eigenvalue weighted by Crippen LogP contribution is -2.23. The van der Waals surface area contributed by atoms with Crippen LogP contribution in [0.25, 0.3) is 0 Å². The summed E-state index contributed by atoms with van der Waals surface area (Å²) in [6.07, 6.45) is 2.76. The van der Waals surface area contributed by atoms with E-state index in [-0.39, 0.29) is 12.0 Å². The maximum atomic E-state index is 12.0. The zero-order valence-corrected chi connectivity index (χ0v) is 15.5. The van der Waals surface area contributed by atoms with Crippen molar-refractivity contribution in [1.29, 1.82) is 0 Å². The Morgan fingerprint density at radius 3 is 2.58 bits per heavy atom. The van der Waals surface area contributed by atoms with Gasteiger partial charge in [-0.05, 0) is 50.6 Å². The van der Waals surface area contributed by atoms with Crippen LogP contribution in [0.1, 0.15) is 32.3 Å². The van der Waals surface area contributed by atoms with Gasteiger partial charge in [0.1, 0.15) is 11.5 Å². The molecule has 1 aromatic heterocycles. The van der Waals surface area contributed by atoms with Crippen LogP contribution in [0.2, 0.25) is 0 Å². The molecule has 1 aromatic carbocycles. The van der Waals surface area contributed by atoms with Gasteiger partial charge >= 0.3 is 0 Å². The highest BCUT2D eigenvalue weighted by Gasteiger charge is 2.08. The van der Waals surface area contributed by atoms with E-state index in [2.05, 4.69) is 10.3 Å². The van der Waals surface area contributed by atoms with Crippen molar-refractivity contribution in [1.82, 2.24) is 10.3 Å². The Bertz CT molecular complexity index is 686. The SMILES string of the molecule is COc1ccc(OCCCC(=O)NCc2cccnc2OC(C)C)cc1. The van der Waals surface area contributed by atoms with Crippen LogP contribution < -0.4 is 19.5 Å². The van der Waals surface area contributed by atoms with Crippen LogP contribution in [0.15, 0.2) is 42.6 Å². The molecule has 140 valence electrons. The fourth-order valence-corrected chi connectivity index (χ4v) is 2.26. The zero-order chi connectivity index (χ0) is 18.8. The maximum absolute atomic E-state index is 12.0. The number of aromatic nitrogens is 1. The molecule has 2 aromatic rings. The van der Waals surface area contributed by atoms with Gasteiger partial charge in [0.25, 0.3) is 0 Å². The van der Waals surface area contributed by atoms with Crippen LogP contribution in [-0.4, -0.2) is 30.7 Å². The number of carbonyl (C=O) groups excluding carboxylic acids is 1. The summed E-state index contributed by atoms with van der Waals surface area (Å²) >= 11 is 0. The highest BCUT2D eigenvalue weighted by molar-refractivity contribution is 5.75. The third kappa shape index (κ3) is 6.63. The first-order chi connectivity index (χ1) is 12.6. The number of carbonyl (C=O) groups is 1. The van der Waals surface area contributed by atoms with Gasteiger partial charge in [-0.15, -0.1) is 0 Å². The number of pyridine rings is 1. The van der Waals surface area contributed by atoms with E-state index >= 15 is 0 Å². The summed E-state index contributed by atoms with van der Waals surface area (Å²) in [5, 5.41) is 2.90. The Kier molecular flexibility index (Phi) is 7.74. The molecule has 0 radical (unpaired) electrons. The molecule has 1 amide bonds. The fraction of sp³-hybridized carbons (Fsp3) is 0.400. The van der Waals surface area contributed by atoms with Crippen molar-refractivity contribution < 1.29 is 19.0 Å². The Morgan fingerprint density at radius 2 is 1.88 bits per heavy atom. The van der Waals surface area contributed by atoms with Crippen molar-refractivity contribution in [3.05, 3.63) is 48.2 Å². The Morgan fingerprint density at radius 1 is 1.15 bits per heavy atom. The second-order valence-corrected chi connectivity index (χ2v) is 6.04. The normalized spacial score (nSPS) is 10.5. The van der Waals surface area contributed by atoms with E-state index in [0.717, 1.165) is 17.1 Å². The molecule has 0 aliphatic heterocycles. The highest BCUT2D eigenvalue weighted by atomic mass is 16.5. The third-order valence-corrected chi connectivity index (χ3v) is 3.55. The van der Waals surface area contributed by atoms with Crippen molar-refractivity contribution in [3.63, 3.8) is 0 Å². The molecule has 0 aliphatic carbocycles. The fourth-order valence-electron chi connectivity index (χ4n) is 2.26. The highest BCUT2D eigenvalue weighted by Crippen LogP contribution is 2.17. The van der Waals surface area contributed by atoms with Crippen molar-refractivity contribution in [2.24, 2.45) is 0 Å². The predicted molar refractivity (Wildman–Crippen MR) is 99.6 cm³/mol. The van der Waals surface area contributed by atoms with Crippen LogP contribution >= 0.6 is 0 Å². The summed E-state index contributed by atoms with van der Waals surface area (Å²) in [6.45, 7) is 4.77. The molecule has 0 unspecified atom stereocenters. The van der Waals surface area contributed by atoms with Gasteiger partial charge in [-0.1, -0.05) is 6.07 Å². The van der Waals surface area contributed by atoms with Crippen LogP contribution in [0.4, 0.5) is 0 Å². The first-order valence-corrected chi connectivity index (χ1v) is 8.72. The molecule has 1 N–H and O–H groups in total. The summed E-state index contributed by atoms with van der Waals surface area (Å²) in [4.78, 5) is 16.2. The Balaban J connectivity index is 1.69. The first-order valence-electron chi connectivity index (χ1n) is 8.72. The molecule has 1 heterocycles. The van der Waals surface area contributed by atoms with E-state index in [4.69, 9.17) is 14.2 Å². The number of hydrogen-bond acceptors (Lipinski definition) is 5. The molecule has 0 bridgehead atoms. The maximum Gasteiger partial charge on any atom is 0.220 e. The smallest absolute Gasteiger partial charge is 0.220 e. The molecule has 0 aliphatic rings. The van der Waals surface area contributed by atoms with Crippen molar-refractivity contribution >= 4 is 5.91 Å². The van der Waals surface area contributed by atoms with Gasteiger partial charge in [-0.25, -0.2) is 4.98 Å². The summed E-state index contributed by atoms with van der Waals surface area (Å²) in [5.74, 6) is 2.08. The minimum atomic E-state index is -0.0253. The molecule has 6 heteroatoms.